The molecule has 2 aromatic carbocycles. The van der Waals surface area contributed by atoms with Gasteiger partial charge < -0.3 is 15.2 Å². The Morgan fingerprint density at radius 1 is 1.11 bits per heavy atom. The van der Waals surface area contributed by atoms with Crippen LogP contribution < -0.4 is 10.1 Å². The second-order valence-electron chi connectivity index (χ2n) is 4.08. The van der Waals surface area contributed by atoms with Crippen LogP contribution in [0, 0.1) is 0 Å². The van der Waals surface area contributed by atoms with Crippen molar-refractivity contribution in [2.75, 3.05) is 7.11 Å². The van der Waals surface area contributed by atoms with Gasteiger partial charge in [0.15, 0.2) is 0 Å². The van der Waals surface area contributed by atoms with Gasteiger partial charge in [-0.05, 0) is 42.0 Å². The SMILES string of the molecule is COc1ccc(CNC(=O)c2ccc(O)cc2)cc1. The number of nitrogens with one attached hydrogen (secondary N) is 1. The van der Waals surface area contributed by atoms with Crippen LogP contribution in [0.25, 0.3) is 0 Å². The molecule has 1 amide bonds. The molecule has 19 heavy (non-hydrogen) atoms. The molecule has 0 radical (unpaired) electrons. The van der Waals surface area contributed by atoms with Crippen molar-refractivity contribution in [2.24, 2.45) is 0 Å². The zero-order valence-corrected chi connectivity index (χ0v) is 10.6. The number of benzene rings is 2. The molecule has 0 spiro atoms. The highest BCUT2D eigenvalue weighted by Crippen LogP contribution is 2.12. The first-order valence-electron chi connectivity index (χ1n) is 5.89. The van der Waals surface area contributed by atoms with Crippen LogP contribution in [0.2, 0.25) is 0 Å². The van der Waals surface area contributed by atoms with Crippen molar-refractivity contribution in [3.63, 3.8) is 0 Å². The maximum absolute atomic E-state index is 11.8. The number of phenolic OH excluding ortho intramolecular Hbond substituents is 1. The quantitative estimate of drug-likeness (QED) is 0.883. The van der Waals surface area contributed by atoms with E-state index in [9.17, 15) is 4.79 Å². The molecule has 2 rings (SSSR count). The number of phenols is 1. The lowest BCUT2D eigenvalue weighted by Crippen LogP contribution is -2.22. The molecule has 0 aromatic heterocycles. The first kappa shape index (κ1) is 13.0. The predicted octanol–water partition coefficient (Wildman–Crippen LogP) is 2.33. The van der Waals surface area contributed by atoms with E-state index in [4.69, 9.17) is 9.84 Å². The standard InChI is InChI=1S/C15H15NO3/c1-19-14-8-2-11(3-9-14)10-16-15(18)12-4-6-13(17)7-5-12/h2-9,17H,10H2,1H3,(H,16,18). The molecule has 98 valence electrons. The fourth-order valence-electron chi connectivity index (χ4n) is 1.64. The third kappa shape index (κ3) is 3.48. The summed E-state index contributed by atoms with van der Waals surface area (Å²) < 4.78 is 5.06. The van der Waals surface area contributed by atoms with Crippen molar-refractivity contribution in [1.29, 1.82) is 0 Å². The molecule has 2 N–H and O–H groups in total. The molecule has 0 bridgehead atoms. The van der Waals surface area contributed by atoms with Gasteiger partial charge in [0.2, 0.25) is 0 Å². The van der Waals surface area contributed by atoms with E-state index < -0.39 is 0 Å². The first-order chi connectivity index (χ1) is 9.19. The largest absolute Gasteiger partial charge is 0.508 e. The Morgan fingerprint density at radius 2 is 1.74 bits per heavy atom. The van der Waals surface area contributed by atoms with Crippen LogP contribution in [-0.2, 0) is 6.54 Å². The van der Waals surface area contributed by atoms with E-state index >= 15 is 0 Å². The molecule has 0 aliphatic rings. The number of hydrogen-bond acceptors (Lipinski definition) is 3. The van der Waals surface area contributed by atoms with Crippen LogP contribution in [0.15, 0.2) is 48.5 Å². The number of carbonyl (C=O) groups is 1. The molecule has 0 heterocycles. The number of methoxy groups -OCH3 is 1. The monoisotopic (exact) mass is 257 g/mol. The summed E-state index contributed by atoms with van der Waals surface area (Å²) in [6, 6.07) is 13.6. The summed E-state index contributed by atoms with van der Waals surface area (Å²) in [6.45, 7) is 0.448. The van der Waals surface area contributed by atoms with E-state index in [1.807, 2.05) is 24.3 Å². The lowest BCUT2D eigenvalue weighted by molar-refractivity contribution is 0.0951. The summed E-state index contributed by atoms with van der Waals surface area (Å²) in [5.41, 5.74) is 1.51. The Morgan fingerprint density at radius 3 is 2.32 bits per heavy atom. The molecule has 2 aromatic rings. The molecule has 0 saturated carbocycles. The van der Waals surface area contributed by atoms with E-state index in [0.717, 1.165) is 11.3 Å². The summed E-state index contributed by atoms with van der Waals surface area (Å²) in [7, 11) is 1.61. The molecule has 0 fully saturated rings. The minimum atomic E-state index is -0.171. The fraction of sp³-hybridized carbons (Fsp3) is 0.133. The van der Waals surface area contributed by atoms with Crippen LogP contribution in [0.4, 0.5) is 0 Å². The van der Waals surface area contributed by atoms with Gasteiger partial charge in [-0.15, -0.1) is 0 Å². The Bertz CT molecular complexity index is 547. The van der Waals surface area contributed by atoms with Gasteiger partial charge in [-0.1, -0.05) is 12.1 Å². The van der Waals surface area contributed by atoms with Gasteiger partial charge in [0, 0.05) is 12.1 Å². The molecule has 0 unspecified atom stereocenters. The number of carbonyl (C=O) groups excluding carboxylic acids is 1. The summed E-state index contributed by atoms with van der Waals surface area (Å²) in [5, 5.41) is 12.0. The zero-order valence-electron chi connectivity index (χ0n) is 10.6. The van der Waals surface area contributed by atoms with Crippen molar-refractivity contribution in [3.8, 4) is 11.5 Å². The lowest BCUT2D eigenvalue weighted by atomic mass is 10.2. The van der Waals surface area contributed by atoms with E-state index in [1.54, 1.807) is 19.2 Å². The average molecular weight is 257 g/mol. The summed E-state index contributed by atoms with van der Waals surface area (Å²) in [4.78, 5) is 11.8. The van der Waals surface area contributed by atoms with Crippen LogP contribution in [0.1, 0.15) is 15.9 Å². The van der Waals surface area contributed by atoms with E-state index in [0.29, 0.717) is 12.1 Å². The molecular weight excluding hydrogens is 242 g/mol. The maximum Gasteiger partial charge on any atom is 0.251 e. The second-order valence-corrected chi connectivity index (χ2v) is 4.08. The van der Waals surface area contributed by atoms with Crippen LogP contribution in [0.3, 0.4) is 0 Å². The van der Waals surface area contributed by atoms with Crippen LogP contribution in [0.5, 0.6) is 11.5 Å². The van der Waals surface area contributed by atoms with Gasteiger partial charge in [-0.2, -0.15) is 0 Å². The number of rotatable bonds is 4. The van der Waals surface area contributed by atoms with Gasteiger partial charge >= 0.3 is 0 Å². The summed E-state index contributed by atoms with van der Waals surface area (Å²) >= 11 is 0. The van der Waals surface area contributed by atoms with E-state index in [2.05, 4.69) is 5.32 Å². The van der Waals surface area contributed by atoms with Gasteiger partial charge in [0.25, 0.3) is 5.91 Å². The van der Waals surface area contributed by atoms with E-state index in [1.165, 1.54) is 12.1 Å². The normalized spacial score (nSPS) is 9.95. The van der Waals surface area contributed by atoms with Crippen molar-refractivity contribution in [3.05, 3.63) is 59.7 Å². The van der Waals surface area contributed by atoms with Crippen molar-refractivity contribution in [2.45, 2.75) is 6.54 Å². The van der Waals surface area contributed by atoms with Crippen LogP contribution in [-0.4, -0.2) is 18.1 Å². The Labute approximate surface area is 111 Å². The molecular formula is C15H15NO3. The van der Waals surface area contributed by atoms with E-state index in [-0.39, 0.29) is 11.7 Å². The van der Waals surface area contributed by atoms with Gasteiger partial charge in [-0.3, -0.25) is 4.79 Å². The Kier molecular flexibility index (Phi) is 4.03. The minimum absolute atomic E-state index is 0.145. The number of hydrogen-bond donors (Lipinski definition) is 2. The fourth-order valence-corrected chi connectivity index (χ4v) is 1.64. The Balaban J connectivity index is 1.94. The molecule has 4 heteroatoms. The minimum Gasteiger partial charge on any atom is -0.508 e. The number of ether oxygens (including phenoxy) is 1. The lowest BCUT2D eigenvalue weighted by Gasteiger charge is -2.06. The third-order valence-electron chi connectivity index (χ3n) is 2.74. The molecule has 0 saturated heterocycles. The summed E-state index contributed by atoms with van der Waals surface area (Å²) in [5.74, 6) is 0.760. The zero-order chi connectivity index (χ0) is 13.7. The highest BCUT2D eigenvalue weighted by molar-refractivity contribution is 5.94. The second kappa shape index (κ2) is 5.91. The highest BCUT2D eigenvalue weighted by atomic mass is 16.5. The van der Waals surface area contributed by atoms with Crippen LogP contribution >= 0.6 is 0 Å². The van der Waals surface area contributed by atoms with Crippen molar-refractivity contribution in [1.82, 2.24) is 5.32 Å². The van der Waals surface area contributed by atoms with Crippen molar-refractivity contribution < 1.29 is 14.6 Å². The average Bonchev–Trinajstić information content (AvgIpc) is 2.46. The third-order valence-corrected chi connectivity index (χ3v) is 2.74. The number of amides is 1. The molecule has 0 aliphatic heterocycles. The maximum atomic E-state index is 11.8. The Hall–Kier alpha value is -2.49. The smallest absolute Gasteiger partial charge is 0.251 e. The van der Waals surface area contributed by atoms with Gasteiger partial charge in [0.1, 0.15) is 11.5 Å². The first-order valence-corrected chi connectivity index (χ1v) is 5.89. The number of aromatic hydroxyl groups is 1. The molecule has 0 atom stereocenters. The topological polar surface area (TPSA) is 58.6 Å². The highest BCUT2D eigenvalue weighted by Gasteiger charge is 2.04. The van der Waals surface area contributed by atoms with Gasteiger partial charge in [0.05, 0.1) is 7.11 Å². The molecule has 4 nitrogen and oxygen atoms in total. The van der Waals surface area contributed by atoms with Gasteiger partial charge in [-0.25, -0.2) is 0 Å². The summed E-state index contributed by atoms with van der Waals surface area (Å²) in [6.07, 6.45) is 0. The predicted molar refractivity (Wildman–Crippen MR) is 72.3 cm³/mol. The molecule has 0 aliphatic carbocycles. The van der Waals surface area contributed by atoms with Crippen molar-refractivity contribution >= 4 is 5.91 Å².